The average Bonchev–Trinajstić information content (AvgIpc) is 2.76. The Labute approximate surface area is 174 Å². The van der Waals surface area contributed by atoms with Crippen LogP contribution in [0.2, 0.25) is 0 Å². The van der Waals surface area contributed by atoms with Crippen molar-refractivity contribution in [3.63, 3.8) is 0 Å². The first-order valence-electron chi connectivity index (χ1n) is 9.05. The predicted octanol–water partition coefficient (Wildman–Crippen LogP) is 4.25. The van der Waals surface area contributed by atoms with Gasteiger partial charge < -0.3 is 24.4 Å². The maximum absolute atomic E-state index is 9.91. The summed E-state index contributed by atoms with van der Waals surface area (Å²) in [5.74, 6) is 0.943. The minimum Gasteiger partial charge on any atom is -0.504 e. The number of aromatic nitrogens is 2. The molecule has 0 aliphatic heterocycles. The van der Waals surface area contributed by atoms with Crippen LogP contribution in [0, 0.1) is 0 Å². The molecule has 0 radical (unpaired) electrons. The van der Waals surface area contributed by atoms with Gasteiger partial charge in [-0.25, -0.2) is 0 Å². The van der Waals surface area contributed by atoms with Crippen molar-refractivity contribution < 1.29 is 24.4 Å². The van der Waals surface area contributed by atoms with Gasteiger partial charge in [-0.05, 0) is 53.6 Å². The van der Waals surface area contributed by atoms with Gasteiger partial charge in [0.25, 0.3) is 0 Å². The molecule has 0 fully saturated rings. The summed E-state index contributed by atoms with van der Waals surface area (Å²) in [6, 6.07) is 12.3. The van der Waals surface area contributed by atoms with Gasteiger partial charge in [0.2, 0.25) is 0 Å². The molecular weight excluding hydrogens is 384 g/mol. The van der Waals surface area contributed by atoms with Gasteiger partial charge >= 0.3 is 6.01 Å². The van der Waals surface area contributed by atoms with E-state index in [1.807, 2.05) is 24.3 Å². The van der Waals surface area contributed by atoms with Crippen molar-refractivity contribution in [1.29, 1.82) is 0 Å². The van der Waals surface area contributed by atoms with E-state index in [-0.39, 0.29) is 17.5 Å². The molecule has 1 heterocycles. The average molecular weight is 406 g/mol. The largest absolute Gasteiger partial charge is 0.504 e. The van der Waals surface area contributed by atoms with Crippen LogP contribution in [0.5, 0.6) is 29.0 Å². The fourth-order valence-electron chi connectivity index (χ4n) is 2.71. The molecule has 3 rings (SSSR count). The summed E-state index contributed by atoms with van der Waals surface area (Å²) < 4.78 is 15.3. The second kappa shape index (κ2) is 9.47. The first-order valence-corrected chi connectivity index (χ1v) is 9.05. The number of aromatic hydroxyl groups is 2. The van der Waals surface area contributed by atoms with Gasteiger partial charge in [0.05, 0.1) is 32.7 Å². The number of ether oxygens (including phenoxy) is 3. The van der Waals surface area contributed by atoms with E-state index >= 15 is 0 Å². The highest BCUT2D eigenvalue weighted by molar-refractivity contribution is 5.73. The lowest BCUT2D eigenvalue weighted by Crippen LogP contribution is -1.95. The van der Waals surface area contributed by atoms with E-state index < -0.39 is 0 Å². The molecule has 0 bridgehead atoms. The molecule has 2 aromatic carbocycles. The van der Waals surface area contributed by atoms with Gasteiger partial charge in [-0.3, -0.25) is 0 Å². The molecule has 0 saturated heterocycles. The molecule has 0 spiro atoms. The van der Waals surface area contributed by atoms with E-state index in [4.69, 9.17) is 14.2 Å². The van der Waals surface area contributed by atoms with E-state index in [1.54, 1.807) is 42.5 Å². The highest BCUT2D eigenvalue weighted by Crippen LogP contribution is 2.28. The van der Waals surface area contributed by atoms with Crippen LogP contribution in [0.15, 0.2) is 42.5 Å². The third-order valence-electron chi connectivity index (χ3n) is 4.23. The molecule has 30 heavy (non-hydrogen) atoms. The fourth-order valence-corrected chi connectivity index (χ4v) is 2.71. The quantitative estimate of drug-likeness (QED) is 0.606. The van der Waals surface area contributed by atoms with Gasteiger partial charge in [0.15, 0.2) is 23.0 Å². The Balaban J connectivity index is 1.84. The number of phenols is 2. The minimum atomic E-state index is 0.0614. The van der Waals surface area contributed by atoms with E-state index in [1.165, 1.54) is 21.3 Å². The topological polar surface area (TPSA) is 93.9 Å². The lowest BCUT2D eigenvalue weighted by molar-refractivity contribution is 0.373. The summed E-state index contributed by atoms with van der Waals surface area (Å²) in [5, 5.41) is 19.8. The first kappa shape index (κ1) is 20.7. The van der Waals surface area contributed by atoms with E-state index in [0.717, 1.165) is 11.1 Å². The van der Waals surface area contributed by atoms with Crippen molar-refractivity contribution in [2.45, 2.75) is 0 Å². The highest BCUT2D eigenvalue weighted by Gasteiger charge is 2.04. The molecule has 2 N–H and O–H groups in total. The summed E-state index contributed by atoms with van der Waals surface area (Å²) in [6.07, 6.45) is 7.22. The minimum absolute atomic E-state index is 0.0614. The second-order valence-electron chi connectivity index (χ2n) is 6.23. The molecule has 1 aromatic heterocycles. The predicted molar refractivity (Wildman–Crippen MR) is 116 cm³/mol. The van der Waals surface area contributed by atoms with E-state index in [2.05, 4.69) is 9.97 Å². The monoisotopic (exact) mass is 406 g/mol. The van der Waals surface area contributed by atoms with Crippen LogP contribution in [0.25, 0.3) is 24.3 Å². The third-order valence-corrected chi connectivity index (χ3v) is 4.23. The van der Waals surface area contributed by atoms with Crippen molar-refractivity contribution in [2.24, 2.45) is 0 Å². The first-order chi connectivity index (χ1) is 14.5. The number of hydrogen-bond donors (Lipinski definition) is 2. The molecular formula is C23H22N2O5. The van der Waals surface area contributed by atoms with E-state index in [0.29, 0.717) is 22.9 Å². The van der Waals surface area contributed by atoms with Crippen LogP contribution in [0.1, 0.15) is 22.5 Å². The van der Waals surface area contributed by atoms with Crippen LogP contribution in [-0.2, 0) is 0 Å². The van der Waals surface area contributed by atoms with Gasteiger partial charge in [-0.1, -0.05) is 24.3 Å². The number of methoxy groups -OCH3 is 3. The fraction of sp³-hybridized carbons (Fsp3) is 0.130. The van der Waals surface area contributed by atoms with E-state index in [9.17, 15) is 10.2 Å². The number of rotatable bonds is 7. The van der Waals surface area contributed by atoms with Crippen LogP contribution in [-0.4, -0.2) is 41.5 Å². The smallest absolute Gasteiger partial charge is 0.317 e. The molecule has 0 saturated carbocycles. The van der Waals surface area contributed by atoms with Gasteiger partial charge in [0.1, 0.15) is 0 Å². The highest BCUT2D eigenvalue weighted by atomic mass is 16.5. The molecule has 0 aliphatic rings. The molecule has 7 nitrogen and oxygen atoms in total. The van der Waals surface area contributed by atoms with Crippen LogP contribution in [0.3, 0.4) is 0 Å². The standard InChI is InChI=1S/C23H22N2O5/c1-28-21-10-6-15(12-19(21)26)4-8-17-14-18(25-23(24-17)30-3)9-5-16-7-11-22(29-2)20(27)13-16/h4-14,26-27H,1-3H3. The number of phenolic OH excluding ortho intramolecular Hbond substituents is 2. The Bertz CT molecular complexity index is 1010. The van der Waals surface area contributed by atoms with Crippen molar-refractivity contribution in [3.8, 4) is 29.0 Å². The Hall–Kier alpha value is -4.00. The van der Waals surface area contributed by atoms with Gasteiger partial charge in [0, 0.05) is 0 Å². The molecule has 0 unspecified atom stereocenters. The lowest BCUT2D eigenvalue weighted by atomic mass is 10.1. The van der Waals surface area contributed by atoms with Gasteiger partial charge in [-0.2, -0.15) is 9.97 Å². The normalized spacial score (nSPS) is 11.2. The maximum Gasteiger partial charge on any atom is 0.317 e. The maximum atomic E-state index is 9.91. The Morgan fingerprint density at radius 1 is 0.633 bits per heavy atom. The molecule has 0 aliphatic carbocycles. The Kier molecular flexibility index (Phi) is 6.54. The third kappa shape index (κ3) is 5.08. The molecule has 7 heteroatoms. The number of hydrogen-bond acceptors (Lipinski definition) is 7. The van der Waals surface area contributed by atoms with Gasteiger partial charge in [-0.15, -0.1) is 0 Å². The zero-order valence-corrected chi connectivity index (χ0v) is 16.9. The SMILES string of the molecule is COc1nc(C=Cc2ccc(OC)c(O)c2)cc(C=Cc2ccc(OC)c(O)c2)n1. The molecule has 3 aromatic rings. The Morgan fingerprint density at radius 2 is 1.10 bits per heavy atom. The molecule has 0 amide bonds. The summed E-state index contributed by atoms with van der Waals surface area (Å²) in [5.41, 5.74) is 2.84. The van der Waals surface area contributed by atoms with Crippen molar-refractivity contribution in [3.05, 3.63) is 65.0 Å². The summed E-state index contributed by atoms with van der Waals surface area (Å²) in [6.45, 7) is 0. The van der Waals surface area contributed by atoms with Crippen LogP contribution in [0.4, 0.5) is 0 Å². The van der Waals surface area contributed by atoms with Crippen molar-refractivity contribution in [1.82, 2.24) is 9.97 Å². The summed E-state index contributed by atoms with van der Waals surface area (Å²) in [4.78, 5) is 8.63. The summed E-state index contributed by atoms with van der Waals surface area (Å²) in [7, 11) is 4.50. The van der Waals surface area contributed by atoms with Crippen molar-refractivity contribution in [2.75, 3.05) is 21.3 Å². The van der Waals surface area contributed by atoms with Crippen molar-refractivity contribution >= 4 is 24.3 Å². The Morgan fingerprint density at radius 3 is 1.47 bits per heavy atom. The number of benzene rings is 2. The zero-order chi connectivity index (χ0) is 21.5. The molecule has 154 valence electrons. The van der Waals surface area contributed by atoms with Crippen LogP contribution >= 0.6 is 0 Å². The summed E-state index contributed by atoms with van der Waals surface area (Å²) >= 11 is 0. The lowest BCUT2D eigenvalue weighted by Gasteiger charge is -2.04. The molecule has 0 atom stereocenters. The number of nitrogens with zero attached hydrogens (tertiary/aromatic N) is 2. The second-order valence-corrected chi connectivity index (χ2v) is 6.23. The van der Waals surface area contributed by atoms with Crippen LogP contribution < -0.4 is 14.2 Å². The zero-order valence-electron chi connectivity index (χ0n) is 16.9.